The molecule has 0 unspecified atom stereocenters. The molecule has 28 heavy (non-hydrogen) atoms. The van der Waals surface area contributed by atoms with Crippen molar-refractivity contribution in [2.45, 2.75) is 62.7 Å². The Hall–Kier alpha value is -2.13. The van der Waals surface area contributed by atoms with E-state index < -0.39 is 17.2 Å². The first-order valence-corrected chi connectivity index (χ1v) is 10.1. The number of aromatic nitrogens is 2. The second kappa shape index (κ2) is 7.04. The standard InChI is InChI=1S/C19H29N5O4/c1-18(21-15(25)12-3-2-4-12)7-10-28-19(17(18)27)5-8-24(9-6-19)16(26)13-11-14(20)23-22-13/h11-12,17,27H,2-10H2,1H3,(H,21,25)(H3,20,22,23)/t17-,18+/m1/s1. The van der Waals surface area contributed by atoms with Crippen LogP contribution in [0.1, 0.15) is 55.9 Å². The molecule has 2 amide bonds. The van der Waals surface area contributed by atoms with Gasteiger partial charge >= 0.3 is 0 Å². The molecule has 1 saturated carbocycles. The van der Waals surface area contributed by atoms with Crippen LogP contribution in [0.5, 0.6) is 0 Å². The zero-order chi connectivity index (χ0) is 19.9. The van der Waals surface area contributed by atoms with Crippen LogP contribution in [0.2, 0.25) is 0 Å². The van der Waals surface area contributed by atoms with E-state index in [-0.39, 0.29) is 23.6 Å². The van der Waals surface area contributed by atoms with Crippen LogP contribution in [0, 0.1) is 5.92 Å². The molecule has 3 heterocycles. The van der Waals surface area contributed by atoms with Crippen LogP contribution in [0.15, 0.2) is 6.07 Å². The second-order valence-corrected chi connectivity index (χ2v) is 8.60. The monoisotopic (exact) mass is 391 g/mol. The van der Waals surface area contributed by atoms with Crippen molar-refractivity contribution in [3.63, 3.8) is 0 Å². The average molecular weight is 391 g/mol. The van der Waals surface area contributed by atoms with E-state index in [1.54, 1.807) is 4.90 Å². The zero-order valence-electron chi connectivity index (χ0n) is 16.2. The number of anilines is 1. The Balaban J connectivity index is 1.42. The van der Waals surface area contributed by atoms with Crippen molar-refractivity contribution in [1.29, 1.82) is 0 Å². The minimum absolute atomic E-state index is 0.0364. The molecule has 0 aromatic carbocycles. The van der Waals surface area contributed by atoms with Crippen molar-refractivity contribution in [2.24, 2.45) is 5.92 Å². The molecule has 1 spiro atoms. The highest BCUT2D eigenvalue weighted by atomic mass is 16.5. The number of nitrogen functional groups attached to an aromatic ring is 1. The SMILES string of the molecule is C[C@]1(NC(=O)C2CCC2)CCOC2(CCN(C(=O)c3cc(N)n[nH]3)CC2)[C@@H]1O. The quantitative estimate of drug-likeness (QED) is 0.590. The third-order valence-electron chi connectivity index (χ3n) is 6.72. The number of aliphatic hydroxyl groups is 1. The van der Waals surface area contributed by atoms with E-state index >= 15 is 0 Å². The third-order valence-corrected chi connectivity index (χ3v) is 6.72. The summed E-state index contributed by atoms with van der Waals surface area (Å²) >= 11 is 0. The highest BCUT2D eigenvalue weighted by Crippen LogP contribution is 2.40. The Labute approximate surface area is 164 Å². The summed E-state index contributed by atoms with van der Waals surface area (Å²) < 4.78 is 6.05. The molecule has 9 heteroatoms. The number of carbonyl (C=O) groups is 2. The number of likely N-dealkylation sites (tertiary alicyclic amines) is 1. The van der Waals surface area contributed by atoms with Gasteiger partial charge in [-0.3, -0.25) is 14.7 Å². The van der Waals surface area contributed by atoms with E-state index in [1.807, 2.05) is 6.92 Å². The molecule has 3 aliphatic rings. The molecule has 0 radical (unpaired) electrons. The number of hydrogen-bond donors (Lipinski definition) is 4. The van der Waals surface area contributed by atoms with Gasteiger partial charge in [0.1, 0.15) is 17.6 Å². The Kier molecular flexibility index (Phi) is 4.83. The van der Waals surface area contributed by atoms with Gasteiger partial charge in [-0.15, -0.1) is 0 Å². The number of nitrogens with zero attached hydrogens (tertiary/aromatic N) is 2. The molecule has 0 bridgehead atoms. The minimum atomic E-state index is -0.821. The van der Waals surface area contributed by atoms with Crippen molar-refractivity contribution in [3.05, 3.63) is 11.8 Å². The summed E-state index contributed by atoms with van der Waals surface area (Å²) in [6, 6.07) is 1.52. The van der Waals surface area contributed by atoms with Gasteiger partial charge in [0, 0.05) is 31.7 Å². The summed E-state index contributed by atoms with van der Waals surface area (Å²) in [4.78, 5) is 26.8. The highest BCUT2D eigenvalue weighted by molar-refractivity contribution is 5.93. The molecule has 1 aromatic heterocycles. The van der Waals surface area contributed by atoms with Crippen LogP contribution in [0.25, 0.3) is 0 Å². The fourth-order valence-electron chi connectivity index (χ4n) is 4.57. The fraction of sp³-hybridized carbons (Fsp3) is 0.737. The first kappa shape index (κ1) is 19.2. The summed E-state index contributed by atoms with van der Waals surface area (Å²) in [6.07, 6.45) is 3.72. The Bertz CT molecular complexity index is 753. The first-order chi connectivity index (χ1) is 13.3. The van der Waals surface area contributed by atoms with E-state index in [4.69, 9.17) is 10.5 Å². The summed E-state index contributed by atoms with van der Waals surface area (Å²) in [6.45, 7) is 3.30. The predicted octanol–water partition coefficient (Wildman–Crippen LogP) is 0.423. The van der Waals surface area contributed by atoms with E-state index in [0.717, 1.165) is 19.3 Å². The number of H-pyrrole nitrogens is 1. The van der Waals surface area contributed by atoms with Crippen molar-refractivity contribution < 1.29 is 19.4 Å². The number of ether oxygens (including phenoxy) is 1. The van der Waals surface area contributed by atoms with Crippen LogP contribution < -0.4 is 11.1 Å². The maximum Gasteiger partial charge on any atom is 0.271 e. The molecule has 2 aliphatic heterocycles. The summed E-state index contributed by atoms with van der Waals surface area (Å²) in [5.41, 5.74) is 4.48. The topological polar surface area (TPSA) is 134 Å². The number of rotatable bonds is 3. The van der Waals surface area contributed by atoms with Crippen LogP contribution in [-0.2, 0) is 9.53 Å². The highest BCUT2D eigenvalue weighted by Gasteiger charge is 2.54. The normalized spacial score (nSPS) is 30.1. The van der Waals surface area contributed by atoms with Crippen LogP contribution in [0.4, 0.5) is 5.82 Å². The molecule has 4 rings (SSSR count). The maximum absolute atomic E-state index is 12.6. The molecular formula is C19H29N5O4. The van der Waals surface area contributed by atoms with Crippen molar-refractivity contribution in [1.82, 2.24) is 20.4 Å². The van der Waals surface area contributed by atoms with E-state index in [2.05, 4.69) is 15.5 Å². The first-order valence-electron chi connectivity index (χ1n) is 10.1. The molecular weight excluding hydrogens is 362 g/mol. The number of nitrogens with two attached hydrogens (primary N) is 1. The predicted molar refractivity (Wildman–Crippen MR) is 101 cm³/mol. The van der Waals surface area contributed by atoms with Gasteiger partial charge < -0.3 is 25.8 Å². The van der Waals surface area contributed by atoms with Gasteiger partial charge in [-0.25, -0.2) is 0 Å². The lowest BCUT2D eigenvalue weighted by Crippen LogP contribution is -2.70. The number of aromatic amines is 1. The molecule has 154 valence electrons. The van der Waals surface area contributed by atoms with E-state index in [9.17, 15) is 14.7 Å². The van der Waals surface area contributed by atoms with Crippen molar-refractivity contribution in [3.8, 4) is 0 Å². The van der Waals surface area contributed by atoms with Gasteiger partial charge in [0.2, 0.25) is 5.91 Å². The molecule has 2 saturated heterocycles. The smallest absolute Gasteiger partial charge is 0.271 e. The molecule has 3 fully saturated rings. The number of nitrogens with one attached hydrogen (secondary N) is 2. The second-order valence-electron chi connectivity index (χ2n) is 8.60. The molecule has 5 N–H and O–H groups in total. The number of carbonyl (C=O) groups excluding carboxylic acids is 2. The Morgan fingerprint density at radius 1 is 1.36 bits per heavy atom. The lowest BCUT2D eigenvalue weighted by Gasteiger charge is -2.53. The summed E-state index contributed by atoms with van der Waals surface area (Å²) in [5, 5.41) is 20.7. The summed E-state index contributed by atoms with van der Waals surface area (Å²) in [7, 11) is 0. The molecule has 2 atom stereocenters. The van der Waals surface area contributed by atoms with Gasteiger partial charge in [-0.05, 0) is 39.0 Å². The van der Waals surface area contributed by atoms with Crippen molar-refractivity contribution >= 4 is 17.6 Å². The molecule has 1 aromatic rings. The number of hydrogen-bond acceptors (Lipinski definition) is 6. The zero-order valence-corrected chi connectivity index (χ0v) is 16.2. The molecule has 9 nitrogen and oxygen atoms in total. The lowest BCUT2D eigenvalue weighted by molar-refractivity contribution is -0.206. The fourth-order valence-corrected chi connectivity index (χ4v) is 4.57. The van der Waals surface area contributed by atoms with Gasteiger partial charge in [0.15, 0.2) is 0 Å². The van der Waals surface area contributed by atoms with Crippen LogP contribution >= 0.6 is 0 Å². The van der Waals surface area contributed by atoms with Crippen LogP contribution in [0.3, 0.4) is 0 Å². The van der Waals surface area contributed by atoms with E-state index in [0.29, 0.717) is 44.7 Å². The summed E-state index contributed by atoms with van der Waals surface area (Å²) in [5.74, 6) is 0.227. The van der Waals surface area contributed by atoms with Crippen molar-refractivity contribution in [2.75, 3.05) is 25.4 Å². The Morgan fingerprint density at radius 2 is 2.07 bits per heavy atom. The number of piperidine rings is 1. The largest absolute Gasteiger partial charge is 0.388 e. The third kappa shape index (κ3) is 3.26. The van der Waals surface area contributed by atoms with Gasteiger partial charge in [0.25, 0.3) is 5.91 Å². The average Bonchev–Trinajstić information content (AvgIpc) is 3.05. The maximum atomic E-state index is 12.6. The lowest BCUT2D eigenvalue weighted by atomic mass is 9.72. The number of amides is 2. The van der Waals surface area contributed by atoms with Gasteiger partial charge in [-0.1, -0.05) is 6.42 Å². The number of aliphatic hydroxyl groups excluding tert-OH is 1. The minimum Gasteiger partial charge on any atom is -0.388 e. The van der Waals surface area contributed by atoms with E-state index in [1.165, 1.54) is 6.07 Å². The van der Waals surface area contributed by atoms with Crippen LogP contribution in [-0.4, -0.2) is 69.0 Å². The van der Waals surface area contributed by atoms with Gasteiger partial charge in [-0.2, -0.15) is 5.10 Å². The molecule has 1 aliphatic carbocycles. The Morgan fingerprint density at radius 3 is 2.64 bits per heavy atom. The van der Waals surface area contributed by atoms with Gasteiger partial charge in [0.05, 0.1) is 11.1 Å².